The number of hydrogen-bond donors (Lipinski definition) is 1. The molecule has 2 heterocycles. The molecule has 35 heavy (non-hydrogen) atoms. The predicted molar refractivity (Wildman–Crippen MR) is 142 cm³/mol. The van der Waals surface area contributed by atoms with Crippen molar-refractivity contribution >= 4 is 46.1 Å². The van der Waals surface area contributed by atoms with Gasteiger partial charge in [-0.15, -0.1) is 0 Å². The van der Waals surface area contributed by atoms with Crippen LogP contribution < -0.4 is 5.32 Å². The van der Waals surface area contributed by atoms with Crippen LogP contribution in [0.15, 0.2) is 76.3 Å². The van der Waals surface area contributed by atoms with Crippen LogP contribution in [0.3, 0.4) is 0 Å². The summed E-state index contributed by atoms with van der Waals surface area (Å²) in [5.41, 5.74) is 3.46. The van der Waals surface area contributed by atoms with E-state index in [1.807, 2.05) is 66.6 Å². The number of thioether (sulfide) groups is 1. The fourth-order valence-electron chi connectivity index (χ4n) is 4.04. The van der Waals surface area contributed by atoms with Crippen molar-refractivity contribution in [3.63, 3.8) is 0 Å². The monoisotopic (exact) mass is 509 g/mol. The second-order valence-corrected chi connectivity index (χ2v) is 9.62. The van der Waals surface area contributed by atoms with Gasteiger partial charge in [-0.2, -0.15) is 0 Å². The second-order valence-electron chi connectivity index (χ2n) is 8.35. The Morgan fingerprint density at radius 3 is 2.51 bits per heavy atom. The molecule has 182 valence electrons. The van der Waals surface area contributed by atoms with E-state index in [0.717, 1.165) is 23.2 Å². The number of halogens is 1. The normalized spacial score (nSPS) is 17.9. The van der Waals surface area contributed by atoms with Gasteiger partial charge in [-0.3, -0.25) is 4.79 Å². The topological polar surface area (TPSA) is 71.0 Å². The highest BCUT2D eigenvalue weighted by atomic mass is 35.5. The van der Waals surface area contributed by atoms with Gasteiger partial charge in [0.25, 0.3) is 0 Å². The predicted octanol–water partition coefficient (Wildman–Crippen LogP) is 5.92. The molecule has 0 fully saturated rings. The zero-order valence-corrected chi connectivity index (χ0v) is 21.5. The van der Waals surface area contributed by atoms with Gasteiger partial charge >= 0.3 is 5.97 Å². The smallest absolute Gasteiger partial charge is 0.338 e. The Hall–Kier alpha value is -3.03. The van der Waals surface area contributed by atoms with Crippen LogP contribution >= 0.6 is 23.4 Å². The van der Waals surface area contributed by atoms with E-state index in [4.69, 9.17) is 21.3 Å². The fraction of sp³-hybridized carbons (Fsp3) is 0.296. The lowest BCUT2D eigenvalue weighted by molar-refractivity contribution is -0.139. The molecule has 0 saturated heterocycles. The summed E-state index contributed by atoms with van der Waals surface area (Å²) in [5.74, 6) is -0.507. The van der Waals surface area contributed by atoms with E-state index in [1.165, 1.54) is 11.8 Å². The maximum absolute atomic E-state index is 13.4. The minimum Gasteiger partial charge on any atom is -0.463 e. The summed E-state index contributed by atoms with van der Waals surface area (Å²) in [6.45, 7) is 6.03. The average Bonchev–Trinajstić information content (AvgIpc) is 3.26. The van der Waals surface area contributed by atoms with Crippen molar-refractivity contribution in [1.29, 1.82) is 0 Å². The summed E-state index contributed by atoms with van der Waals surface area (Å²) in [6.07, 6.45) is 1.02. The minimum absolute atomic E-state index is 0.0715. The lowest BCUT2D eigenvalue weighted by Gasteiger charge is -2.37. The zero-order valence-electron chi connectivity index (χ0n) is 20.0. The molecule has 0 aromatic heterocycles. The molecule has 0 unspecified atom stereocenters. The average molecular weight is 510 g/mol. The number of aliphatic imine (C=N–C) groups is 1. The molecule has 2 aromatic carbocycles. The first kappa shape index (κ1) is 25.1. The molecule has 8 heteroatoms. The Bertz CT molecular complexity index is 1190. The molecule has 2 atom stereocenters. The third kappa shape index (κ3) is 5.46. The highest BCUT2D eigenvalue weighted by Gasteiger charge is 2.42. The Kier molecular flexibility index (Phi) is 7.98. The van der Waals surface area contributed by atoms with E-state index in [-0.39, 0.29) is 25.0 Å². The minimum atomic E-state index is -0.522. The van der Waals surface area contributed by atoms with E-state index in [9.17, 15) is 9.59 Å². The lowest BCUT2D eigenvalue weighted by Crippen LogP contribution is -2.39. The van der Waals surface area contributed by atoms with Crippen LogP contribution in [0.2, 0.25) is 5.02 Å². The molecule has 4 rings (SSSR count). The molecule has 2 aliphatic rings. The molecule has 0 aliphatic carbocycles. The third-order valence-corrected chi connectivity index (χ3v) is 7.04. The number of amidine groups is 1. The number of esters is 1. The molecule has 6 nitrogen and oxygen atoms in total. The maximum Gasteiger partial charge on any atom is 0.338 e. The fourth-order valence-corrected chi connectivity index (χ4v) is 5.09. The third-order valence-electron chi connectivity index (χ3n) is 5.90. The van der Waals surface area contributed by atoms with Crippen LogP contribution in [0, 0.1) is 0 Å². The number of amides is 1. The molecular weight excluding hydrogens is 482 g/mol. The number of carbonyl (C=O) groups is 2. The molecule has 0 spiro atoms. The first-order chi connectivity index (χ1) is 16.9. The van der Waals surface area contributed by atoms with Crippen LogP contribution in [-0.2, 0) is 14.3 Å². The number of rotatable bonds is 8. The summed E-state index contributed by atoms with van der Waals surface area (Å²) in [6, 6.07) is 16.6. The summed E-state index contributed by atoms with van der Waals surface area (Å²) < 4.78 is 5.52. The van der Waals surface area contributed by atoms with Gasteiger partial charge in [0.2, 0.25) is 5.91 Å². The van der Waals surface area contributed by atoms with Crippen molar-refractivity contribution in [1.82, 2.24) is 10.2 Å². The molecule has 0 bridgehead atoms. The van der Waals surface area contributed by atoms with Gasteiger partial charge in [-0.05, 0) is 43.4 Å². The Morgan fingerprint density at radius 2 is 1.86 bits per heavy atom. The van der Waals surface area contributed by atoms with Crippen molar-refractivity contribution in [2.24, 2.45) is 4.99 Å². The Balaban J connectivity index is 1.83. The zero-order chi connectivity index (χ0) is 24.9. The summed E-state index contributed by atoms with van der Waals surface area (Å²) >= 11 is 7.64. The van der Waals surface area contributed by atoms with Crippen molar-refractivity contribution < 1.29 is 14.3 Å². The standard InChI is InChI=1S/C27H28ClN3O3S/c1-4-17(3)29-22(32)15-21-16-35-27-30-24(18-9-7-6-8-10-18)23(26(33)34-5-2)25(31(21)27)19-11-13-20(28)14-12-19/h6-14,16-17,25H,4-5,15H2,1-3H3,(H,29,32)/t17-,25+/m0/s1. The lowest BCUT2D eigenvalue weighted by atomic mass is 9.91. The number of carbonyl (C=O) groups excluding carboxylic acids is 2. The molecule has 0 saturated carbocycles. The summed E-state index contributed by atoms with van der Waals surface area (Å²) in [7, 11) is 0. The molecule has 1 N–H and O–H groups in total. The molecular formula is C27H28ClN3O3S. The number of ether oxygens (including phenoxy) is 1. The highest BCUT2D eigenvalue weighted by Crippen LogP contribution is 2.47. The van der Waals surface area contributed by atoms with E-state index < -0.39 is 12.0 Å². The van der Waals surface area contributed by atoms with Gasteiger partial charge in [-0.1, -0.05) is 72.8 Å². The number of hydrogen-bond acceptors (Lipinski definition) is 6. The maximum atomic E-state index is 13.4. The van der Waals surface area contributed by atoms with E-state index in [1.54, 1.807) is 19.1 Å². The first-order valence-corrected chi connectivity index (χ1v) is 12.9. The molecule has 1 amide bonds. The van der Waals surface area contributed by atoms with Gasteiger partial charge in [0.1, 0.15) is 0 Å². The SMILES string of the molecule is CCOC(=O)C1=C(c2ccccc2)N=C2SC=C(CC(=O)N[C@@H](C)CC)N2[C@@H]1c1ccc(Cl)cc1. The Morgan fingerprint density at radius 1 is 1.14 bits per heavy atom. The van der Waals surface area contributed by atoms with Crippen LogP contribution in [0.25, 0.3) is 5.70 Å². The Labute approximate surface area is 215 Å². The van der Waals surface area contributed by atoms with Gasteiger partial charge in [0.15, 0.2) is 5.17 Å². The number of nitrogens with one attached hydrogen (secondary N) is 1. The second kappa shape index (κ2) is 11.1. The number of benzene rings is 2. The molecule has 2 aromatic rings. The van der Waals surface area contributed by atoms with Gasteiger partial charge in [0.05, 0.1) is 30.3 Å². The van der Waals surface area contributed by atoms with Crippen molar-refractivity contribution in [2.75, 3.05) is 6.61 Å². The van der Waals surface area contributed by atoms with E-state index in [2.05, 4.69) is 5.32 Å². The van der Waals surface area contributed by atoms with Crippen molar-refractivity contribution in [2.45, 2.75) is 45.7 Å². The van der Waals surface area contributed by atoms with Crippen LogP contribution in [0.5, 0.6) is 0 Å². The highest BCUT2D eigenvalue weighted by molar-refractivity contribution is 8.16. The summed E-state index contributed by atoms with van der Waals surface area (Å²) in [5, 5.41) is 6.28. The van der Waals surface area contributed by atoms with Gasteiger partial charge in [-0.25, -0.2) is 9.79 Å². The quantitative estimate of drug-likeness (QED) is 0.447. The van der Waals surface area contributed by atoms with Crippen LogP contribution in [0.1, 0.15) is 50.8 Å². The van der Waals surface area contributed by atoms with Crippen LogP contribution in [0.4, 0.5) is 0 Å². The largest absolute Gasteiger partial charge is 0.463 e. The van der Waals surface area contributed by atoms with Crippen LogP contribution in [-0.4, -0.2) is 34.6 Å². The van der Waals surface area contributed by atoms with Gasteiger partial charge < -0.3 is 15.0 Å². The molecule has 0 radical (unpaired) electrons. The van der Waals surface area contributed by atoms with Crippen molar-refractivity contribution in [3.05, 3.63) is 87.4 Å². The van der Waals surface area contributed by atoms with Crippen molar-refractivity contribution in [3.8, 4) is 0 Å². The number of fused-ring (bicyclic) bond motifs is 1. The van der Waals surface area contributed by atoms with E-state index >= 15 is 0 Å². The van der Waals surface area contributed by atoms with Gasteiger partial charge in [0, 0.05) is 22.3 Å². The first-order valence-electron chi connectivity index (χ1n) is 11.7. The summed E-state index contributed by atoms with van der Waals surface area (Å²) in [4.78, 5) is 33.1. The van der Waals surface area contributed by atoms with E-state index in [0.29, 0.717) is 21.5 Å². The molecule has 2 aliphatic heterocycles. The number of nitrogens with zero attached hydrogens (tertiary/aromatic N) is 2.